The van der Waals surface area contributed by atoms with Crippen molar-refractivity contribution in [2.75, 3.05) is 0 Å². The maximum absolute atomic E-state index is 11.2. The molecular weight excluding hydrogens is 226 g/mol. The highest BCUT2D eigenvalue weighted by molar-refractivity contribution is 5.94. The number of nitrogens with two attached hydrogens (primary N) is 1. The van der Waals surface area contributed by atoms with E-state index in [1.165, 1.54) is 11.3 Å². The SMILES string of the molecule is NC(=O)c1ccc2c(c1)C=C(n1ccnc1)CC2. The van der Waals surface area contributed by atoms with Crippen LogP contribution in [0.4, 0.5) is 0 Å². The standard InChI is InChI=1S/C14H13N3O/c15-14(18)11-2-1-10-3-4-13(8-12(10)7-11)17-6-5-16-9-17/h1-2,5-9H,3-4H2,(H2,15,18). The molecule has 0 atom stereocenters. The molecule has 1 aliphatic rings. The number of amides is 1. The largest absolute Gasteiger partial charge is 0.366 e. The van der Waals surface area contributed by atoms with Crippen LogP contribution in [0.15, 0.2) is 36.9 Å². The van der Waals surface area contributed by atoms with Crippen LogP contribution in [0.2, 0.25) is 0 Å². The maximum atomic E-state index is 11.2. The highest BCUT2D eigenvalue weighted by atomic mass is 16.1. The number of hydrogen-bond acceptors (Lipinski definition) is 2. The van der Waals surface area contributed by atoms with Crippen LogP contribution in [0.3, 0.4) is 0 Å². The number of primary amides is 1. The number of rotatable bonds is 2. The molecule has 1 aliphatic carbocycles. The Bertz CT molecular complexity index is 626. The Hall–Kier alpha value is -2.36. The van der Waals surface area contributed by atoms with Gasteiger partial charge in [-0.05, 0) is 42.2 Å². The van der Waals surface area contributed by atoms with E-state index in [0.717, 1.165) is 18.4 Å². The maximum Gasteiger partial charge on any atom is 0.248 e. The van der Waals surface area contributed by atoms with Gasteiger partial charge in [0.15, 0.2) is 0 Å². The molecule has 0 saturated carbocycles. The molecule has 1 aromatic carbocycles. The first-order valence-electron chi connectivity index (χ1n) is 5.86. The van der Waals surface area contributed by atoms with E-state index in [1.54, 1.807) is 18.6 Å². The Labute approximate surface area is 105 Å². The molecule has 4 heteroatoms. The van der Waals surface area contributed by atoms with Crippen molar-refractivity contribution in [1.29, 1.82) is 0 Å². The molecule has 2 aromatic rings. The Morgan fingerprint density at radius 1 is 1.33 bits per heavy atom. The Morgan fingerprint density at radius 3 is 2.94 bits per heavy atom. The zero-order valence-electron chi connectivity index (χ0n) is 9.84. The molecule has 1 aromatic heterocycles. The van der Waals surface area contributed by atoms with Crippen LogP contribution in [0.1, 0.15) is 27.9 Å². The third kappa shape index (κ3) is 1.82. The first kappa shape index (κ1) is 10.8. The predicted molar refractivity (Wildman–Crippen MR) is 69.7 cm³/mol. The fourth-order valence-corrected chi connectivity index (χ4v) is 2.26. The van der Waals surface area contributed by atoms with Gasteiger partial charge < -0.3 is 10.3 Å². The number of benzene rings is 1. The van der Waals surface area contributed by atoms with Crippen molar-refractivity contribution in [3.8, 4) is 0 Å². The van der Waals surface area contributed by atoms with Gasteiger partial charge in [0.2, 0.25) is 5.91 Å². The fourth-order valence-electron chi connectivity index (χ4n) is 2.26. The van der Waals surface area contributed by atoms with Crippen molar-refractivity contribution in [3.63, 3.8) is 0 Å². The van der Waals surface area contributed by atoms with Gasteiger partial charge in [0.25, 0.3) is 0 Å². The molecule has 18 heavy (non-hydrogen) atoms. The quantitative estimate of drug-likeness (QED) is 0.870. The van der Waals surface area contributed by atoms with Gasteiger partial charge >= 0.3 is 0 Å². The topological polar surface area (TPSA) is 60.9 Å². The van der Waals surface area contributed by atoms with E-state index in [2.05, 4.69) is 11.1 Å². The summed E-state index contributed by atoms with van der Waals surface area (Å²) in [6, 6.07) is 5.63. The first-order chi connectivity index (χ1) is 8.74. The van der Waals surface area contributed by atoms with E-state index < -0.39 is 0 Å². The molecule has 3 rings (SSSR count). The first-order valence-corrected chi connectivity index (χ1v) is 5.86. The lowest BCUT2D eigenvalue weighted by atomic mass is 9.93. The second kappa shape index (κ2) is 4.14. The van der Waals surface area contributed by atoms with Gasteiger partial charge in [0, 0.05) is 23.7 Å². The van der Waals surface area contributed by atoms with E-state index >= 15 is 0 Å². The van der Waals surface area contributed by atoms with Crippen LogP contribution < -0.4 is 5.73 Å². The summed E-state index contributed by atoms with van der Waals surface area (Å²) in [5, 5.41) is 0. The molecule has 0 spiro atoms. The average molecular weight is 239 g/mol. The van der Waals surface area contributed by atoms with Crippen molar-refractivity contribution < 1.29 is 4.79 Å². The number of hydrogen-bond donors (Lipinski definition) is 1. The van der Waals surface area contributed by atoms with E-state index in [4.69, 9.17) is 5.73 Å². The van der Waals surface area contributed by atoms with Gasteiger partial charge in [-0.25, -0.2) is 4.98 Å². The van der Waals surface area contributed by atoms with Gasteiger partial charge in [-0.2, -0.15) is 0 Å². The van der Waals surface area contributed by atoms with Crippen molar-refractivity contribution >= 4 is 17.7 Å². The van der Waals surface area contributed by atoms with Crippen LogP contribution in [0, 0.1) is 0 Å². The smallest absolute Gasteiger partial charge is 0.248 e. The van der Waals surface area contributed by atoms with Gasteiger partial charge in [-0.3, -0.25) is 4.79 Å². The number of allylic oxidation sites excluding steroid dienone is 1. The zero-order chi connectivity index (χ0) is 12.5. The number of aryl methyl sites for hydroxylation is 1. The molecule has 1 heterocycles. The van der Waals surface area contributed by atoms with Gasteiger partial charge in [0.1, 0.15) is 0 Å². The number of carbonyl (C=O) groups excluding carboxylic acids is 1. The molecule has 0 unspecified atom stereocenters. The van der Waals surface area contributed by atoms with Gasteiger partial charge in [-0.15, -0.1) is 0 Å². The number of carbonyl (C=O) groups is 1. The molecule has 0 saturated heterocycles. The van der Waals surface area contributed by atoms with Crippen molar-refractivity contribution in [2.24, 2.45) is 5.73 Å². The zero-order valence-corrected chi connectivity index (χ0v) is 9.84. The van der Waals surface area contributed by atoms with Crippen LogP contribution in [0.25, 0.3) is 11.8 Å². The lowest BCUT2D eigenvalue weighted by molar-refractivity contribution is 0.100. The molecule has 0 bridgehead atoms. The third-order valence-electron chi connectivity index (χ3n) is 3.24. The van der Waals surface area contributed by atoms with Crippen LogP contribution in [-0.4, -0.2) is 15.5 Å². The van der Waals surface area contributed by atoms with E-state index in [-0.39, 0.29) is 5.91 Å². The monoisotopic (exact) mass is 239 g/mol. The molecule has 0 fully saturated rings. The second-order valence-electron chi connectivity index (χ2n) is 4.38. The minimum atomic E-state index is -0.388. The Balaban J connectivity index is 2.05. The highest BCUT2D eigenvalue weighted by Crippen LogP contribution is 2.27. The van der Waals surface area contributed by atoms with Gasteiger partial charge in [-0.1, -0.05) is 6.07 Å². The highest BCUT2D eigenvalue weighted by Gasteiger charge is 2.13. The van der Waals surface area contributed by atoms with Crippen molar-refractivity contribution in [1.82, 2.24) is 9.55 Å². The summed E-state index contributed by atoms with van der Waals surface area (Å²) in [4.78, 5) is 15.2. The number of nitrogens with zero attached hydrogens (tertiary/aromatic N) is 2. The number of fused-ring (bicyclic) bond motifs is 1. The summed E-state index contributed by atoms with van der Waals surface area (Å²) >= 11 is 0. The molecule has 90 valence electrons. The second-order valence-corrected chi connectivity index (χ2v) is 4.38. The van der Waals surface area contributed by atoms with Crippen molar-refractivity contribution in [3.05, 3.63) is 53.6 Å². The molecule has 1 amide bonds. The predicted octanol–water partition coefficient (Wildman–Crippen LogP) is 1.93. The molecule has 4 nitrogen and oxygen atoms in total. The number of aromatic nitrogens is 2. The van der Waals surface area contributed by atoms with Crippen molar-refractivity contribution in [2.45, 2.75) is 12.8 Å². The minimum Gasteiger partial charge on any atom is -0.366 e. The Morgan fingerprint density at radius 2 is 2.22 bits per heavy atom. The molecule has 0 radical (unpaired) electrons. The van der Waals surface area contributed by atoms with E-state index in [1.807, 2.05) is 22.9 Å². The summed E-state index contributed by atoms with van der Waals surface area (Å²) in [5.74, 6) is -0.388. The van der Waals surface area contributed by atoms with Crippen LogP contribution >= 0.6 is 0 Å². The van der Waals surface area contributed by atoms with Crippen LogP contribution in [0.5, 0.6) is 0 Å². The fraction of sp³-hybridized carbons (Fsp3) is 0.143. The summed E-state index contributed by atoms with van der Waals surface area (Å²) in [6.45, 7) is 0. The molecular formula is C14H13N3O. The summed E-state index contributed by atoms with van der Waals surface area (Å²) in [5.41, 5.74) is 9.36. The number of imidazole rings is 1. The normalized spacial score (nSPS) is 13.9. The lowest BCUT2D eigenvalue weighted by Gasteiger charge is -2.17. The van der Waals surface area contributed by atoms with Crippen LogP contribution in [-0.2, 0) is 6.42 Å². The summed E-state index contributed by atoms with van der Waals surface area (Å²) in [7, 11) is 0. The van der Waals surface area contributed by atoms with E-state index in [0.29, 0.717) is 5.56 Å². The third-order valence-corrected chi connectivity index (χ3v) is 3.24. The van der Waals surface area contributed by atoms with Gasteiger partial charge in [0.05, 0.1) is 6.33 Å². The average Bonchev–Trinajstić information content (AvgIpc) is 2.91. The summed E-state index contributed by atoms with van der Waals surface area (Å²) < 4.78 is 2.00. The summed E-state index contributed by atoms with van der Waals surface area (Å²) in [6.07, 6.45) is 9.50. The minimum absolute atomic E-state index is 0.388. The van der Waals surface area contributed by atoms with E-state index in [9.17, 15) is 4.79 Å². The molecule has 0 aliphatic heterocycles. The Kier molecular flexibility index (Phi) is 2.48. The molecule has 2 N–H and O–H groups in total. The lowest BCUT2D eigenvalue weighted by Crippen LogP contribution is -2.12.